The lowest BCUT2D eigenvalue weighted by molar-refractivity contribution is -0.143. The summed E-state index contributed by atoms with van der Waals surface area (Å²) in [5.74, 6) is -0.780. The predicted octanol–water partition coefficient (Wildman–Crippen LogP) is 3.70. The first kappa shape index (κ1) is 13.5. The third-order valence-corrected chi connectivity index (χ3v) is 2.71. The van der Waals surface area contributed by atoms with Gasteiger partial charge in [0.05, 0.1) is 5.92 Å². The van der Waals surface area contributed by atoms with Crippen LogP contribution in [-0.4, -0.2) is 11.1 Å². The van der Waals surface area contributed by atoms with Gasteiger partial charge >= 0.3 is 5.97 Å². The average molecular weight is 200 g/mol. The Kier molecular flexibility index (Phi) is 5.82. The van der Waals surface area contributed by atoms with Gasteiger partial charge in [-0.05, 0) is 24.7 Å². The lowest BCUT2D eigenvalue weighted by Gasteiger charge is -2.27. The molecule has 0 aliphatic rings. The van der Waals surface area contributed by atoms with Gasteiger partial charge in [0.15, 0.2) is 0 Å². The van der Waals surface area contributed by atoms with Crippen molar-refractivity contribution in [3.63, 3.8) is 0 Å². The number of carbonyl (C=O) groups is 1. The van der Waals surface area contributed by atoms with E-state index in [0.717, 1.165) is 32.1 Å². The Hall–Kier alpha value is -0.530. The highest BCUT2D eigenvalue weighted by molar-refractivity contribution is 5.69. The molecule has 1 atom stereocenters. The highest BCUT2D eigenvalue weighted by Crippen LogP contribution is 2.32. The van der Waals surface area contributed by atoms with E-state index in [1.165, 1.54) is 0 Å². The molecule has 0 aliphatic heterocycles. The SMILES string of the molecule is CCCC(CC(C)(C)CCC)C(=O)O. The molecular formula is C12H24O2. The van der Waals surface area contributed by atoms with E-state index in [-0.39, 0.29) is 11.3 Å². The third-order valence-electron chi connectivity index (χ3n) is 2.71. The van der Waals surface area contributed by atoms with Gasteiger partial charge in [-0.2, -0.15) is 0 Å². The van der Waals surface area contributed by atoms with Crippen molar-refractivity contribution in [3.05, 3.63) is 0 Å². The van der Waals surface area contributed by atoms with E-state index in [1.807, 2.05) is 6.92 Å². The van der Waals surface area contributed by atoms with Crippen LogP contribution >= 0.6 is 0 Å². The lowest BCUT2D eigenvalue weighted by atomic mass is 9.78. The quantitative estimate of drug-likeness (QED) is 0.680. The Morgan fingerprint density at radius 1 is 1.29 bits per heavy atom. The van der Waals surface area contributed by atoms with Gasteiger partial charge < -0.3 is 5.11 Å². The molecule has 2 nitrogen and oxygen atoms in total. The number of carboxylic acid groups (broad SMARTS) is 1. The van der Waals surface area contributed by atoms with Crippen molar-refractivity contribution in [1.29, 1.82) is 0 Å². The fourth-order valence-corrected chi connectivity index (χ4v) is 2.11. The molecule has 1 N–H and O–H groups in total. The molecule has 0 spiro atoms. The van der Waals surface area contributed by atoms with E-state index in [9.17, 15) is 4.79 Å². The summed E-state index contributed by atoms with van der Waals surface area (Å²) in [5, 5.41) is 9.04. The molecule has 0 fully saturated rings. The van der Waals surface area contributed by atoms with Crippen molar-refractivity contribution in [2.24, 2.45) is 11.3 Å². The van der Waals surface area contributed by atoms with Gasteiger partial charge in [0.2, 0.25) is 0 Å². The van der Waals surface area contributed by atoms with Crippen molar-refractivity contribution in [1.82, 2.24) is 0 Å². The fraction of sp³-hybridized carbons (Fsp3) is 0.917. The molecule has 0 radical (unpaired) electrons. The van der Waals surface area contributed by atoms with E-state index < -0.39 is 5.97 Å². The molecule has 0 amide bonds. The minimum absolute atomic E-state index is 0.151. The zero-order valence-corrected chi connectivity index (χ0v) is 9.97. The highest BCUT2D eigenvalue weighted by atomic mass is 16.4. The van der Waals surface area contributed by atoms with Crippen LogP contribution in [0.2, 0.25) is 0 Å². The van der Waals surface area contributed by atoms with Gasteiger partial charge in [0, 0.05) is 0 Å². The maximum Gasteiger partial charge on any atom is 0.306 e. The second-order valence-electron chi connectivity index (χ2n) is 4.94. The zero-order valence-electron chi connectivity index (χ0n) is 9.97. The topological polar surface area (TPSA) is 37.3 Å². The minimum Gasteiger partial charge on any atom is -0.481 e. The maximum absolute atomic E-state index is 11.0. The minimum atomic E-state index is -0.629. The van der Waals surface area contributed by atoms with Crippen LogP contribution in [0.5, 0.6) is 0 Å². The largest absolute Gasteiger partial charge is 0.481 e. The number of rotatable bonds is 7. The van der Waals surface area contributed by atoms with Crippen LogP contribution in [0.3, 0.4) is 0 Å². The monoisotopic (exact) mass is 200 g/mol. The van der Waals surface area contributed by atoms with Crippen molar-refractivity contribution in [2.45, 2.75) is 59.8 Å². The molecule has 84 valence electrons. The maximum atomic E-state index is 11.0. The summed E-state index contributed by atoms with van der Waals surface area (Å²) in [4.78, 5) is 11.0. The average Bonchev–Trinajstić information content (AvgIpc) is 2.02. The summed E-state index contributed by atoms with van der Waals surface area (Å²) in [6.45, 7) is 8.53. The van der Waals surface area contributed by atoms with Crippen LogP contribution in [0.25, 0.3) is 0 Å². The molecule has 0 bridgehead atoms. The Bertz CT molecular complexity index is 173. The van der Waals surface area contributed by atoms with Crippen LogP contribution in [0.4, 0.5) is 0 Å². The van der Waals surface area contributed by atoms with Gasteiger partial charge in [0.1, 0.15) is 0 Å². The van der Waals surface area contributed by atoms with Crippen LogP contribution in [0.1, 0.15) is 59.8 Å². The summed E-state index contributed by atoms with van der Waals surface area (Å²) in [5.41, 5.74) is 0.174. The van der Waals surface area contributed by atoms with Crippen molar-refractivity contribution in [3.8, 4) is 0 Å². The molecule has 0 heterocycles. The Balaban J connectivity index is 4.20. The number of aliphatic carboxylic acids is 1. The highest BCUT2D eigenvalue weighted by Gasteiger charge is 2.26. The zero-order chi connectivity index (χ0) is 11.2. The first-order chi connectivity index (χ1) is 6.43. The predicted molar refractivity (Wildman–Crippen MR) is 59.3 cm³/mol. The molecule has 0 aromatic carbocycles. The van der Waals surface area contributed by atoms with Gasteiger partial charge in [-0.3, -0.25) is 4.79 Å². The van der Waals surface area contributed by atoms with E-state index in [0.29, 0.717) is 0 Å². The molecule has 0 aromatic heterocycles. The summed E-state index contributed by atoms with van der Waals surface area (Å²) in [6, 6.07) is 0. The normalized spacial score (nSPS) is 14.0. The third kappa shape index (κ3) is 5.25. The van der Waals surface area contributed by atoms with Gasteiger partial charge in [-0.1, -0.05) is 40.5 Å². The molecule has 0 aromatic rings. The number of carboxylic acids is 1. The van der Waals surface area contributed by atoms with Crippen LogP contribution in [0, 0.1) is 11.3 Å². The lowest BCUT2D eigenvalue weighted by Crippen LogP contribution is -2.22. The molecule has 1 unspecified atom stereocenters. The first-order valence-corrected chi connectivity index (χ1v) is 5.65. The molecular weight excluding hydrogens is 176 g/mol. The van der Waals surface area contributed by atoms with Gasteiger partial charge in [-0.15, -0.1) is 0 Å². The molecule has 14 heavy (non-hydrogen) atoms. The summed E-state index contributed by atoms with van der Waals surface area (Å²) in [7, 11) is 0. The Labute approximate surface area is 87.7 Å². The smallest absolute Gasteiger partial charge is 0.306 e. The Morgan fingerprint density at radius 3 is 2.21 bits per heavy atom. The molecule has 2 heteroatoms. The second-order valence-corrected chi connectivity index (χ2v) is 4.94. The summed E-state index contributed by atoms with van der Waals surface area (Å²) < 4.78 is 0. The van der Waals surface area contributed by atoms with E-state index >= 15 is 0 Å². The number of hydrogen-bond acceptors (Lipinski definition) is 1. The first-order valence-electron chi connectivity index (χ1n) is 5.65. The van der Waals surface area contributed by atoms with Crippen LogP contribution < -0.4 is 0 Å². The molecule has 0 aliphatic carbocycles. The molecule has 0 saturated heterocycles. The van der Waals surface area contributed by atoms with Crippen molar-refractivity contribution >= 4 is 5.97 Å². The number of hydrogen-bond donors (Lipinski definition) is 1. The second kappa shape index (κ2) is 6.05. The van der Waals surface area contributed by atoms with E-state index in [2.05, 4.69) is 20.8 Å². The molecule has 0 saturated carbocycles. The van der Waals surface area contributed by atoms with Crippen LogP contribution in [-0.2, 0) is 4.79 Å². The van der Waals surface area contributed by atoms with Gasteiger partial charge in [0.25, 0.3) is 0 Å². The van der Waals surface area contributed by atoms with Crippen molar-refractivity contribution in [2.75, 3.05) is 0 Å². The molecule has 0 rings (SSSR count). The summed E-state index contributed by atoms with van der Waals surface area (Å²) >= 11 is 0. The Morgan fingerprint density at radius 2 is 1.86 bits per heavy atom. The fourth-order valence-electron chi connectivity index (χ4n) is 2.11. The van der Waals surface area contributed by atoms with E-state index in [1.54, 1.807) is 0 Å². The summed E-state index contributed by atoms with van der Waals surface area (Å²) in [6.07, 6.45) is 4.82. The van der Waals surface area contributed by atoms with E-state index in [4.69, 9.17) is 5.11 Å². The van der Waals surface area contributed by atoms with Gasteiger partial charge in [-0.25, -0.2) is 0 Å². The van der Waals surface area contributed by atoms with Crippen LogP contribution in [0.15, 0.2) is 0 Å². The van der Waals surface area contributed by atoms with Crippen molar-refractivity contribution < 1.29 is 9.90 Å². The standard InChI is InChI=1S/C12H24O2/c1-5-7-10(11(13)14)9-12(3,4)8-6-2/h10H,5-9H2,1-4H3,(H,13,14).